The van der Waals surface area contributed by atoms with Crippen LogP contribution in [0.3, 0.4) is 0 Å². The van der Waals surface area contributed by atoms with Gasteiger partial charge in [-0.15, -0.1) is 0 Å². The number of halogens is 2. The number of nitrogens with zero attached hydrogens (tertiary/aromatic N) is 2. The quantitative estimate of drug-likeness (QED) is 0.810. The topological polar surface area (TPSA) is 51.2 Å². The average Bonchev–Trinajstić information content (AvgIpc) is 3.08. The maximum atomic E-state index is 14.5. The van der Waals surface area contributed by atoms with E-state index in [1.165, 1.54) is 11.0 Å². The monoisotopic (exact) mass is 384 g/mol. The van der Waals surface area contributed by atoms with Crippen molar-refractivity contribution in [2.45, 2.75) is 5.54 Å². The van der Waals surface area contributed by atoms with Crippen molar-refractivity contribution >= 4 is 11.6 Å². The Kier molecular flexibility index (Phi) is 5.61. The molecule has 0 spiro atoms. The molecule has 28 heavy (non-hydrogen) atoms. The van der Waals surface area contributed by atoms with Crippen LogP contribution in [0.1, 0.15) is 11.1 Å². The predicted octanol–water partition coefficient (Wildman–Crippen LogP) is 3.04. The fraction of sp³-hybridized carbons (Fsp3) is 0.227. The van der Waals surface area contributed by atoms with Crippen molar-refractivity contribution in [2.24, 2.45) is 0 Å². The Hall–Kier alpha value is -2.99. The summed E-state index contributed by atoms with van der Waals surface area (Å²) in [6.45, 7) is 0.698. The van der Waals surface area contributed by atoms with Crippen LogP contribution < -0.4 is 5.73 Å². The Bertz CT molecular complexity index is 925. The molecule has 0 saturated carbocycles. The van der Waals surface area contributed by atoms with E-state index in [1.807, 2.05) is 48.6 Å². The zero-order valence-electron chi connectivity index (χ0n) is 16.0. The smallest absolute Gasteiger partial charge is 0.321 e. The molecule has 0 aromatic heterocycles. The van der Waals surface area contributed by atoms with E-state index in [0.29, 0.717) is 12.1 Å². The van der Waals surface area contributed by atoms with Gasteiger partial charge in [0, 0.05) is 26.2 Å². The first kappa shape index (κ1) is 19.8. The van der Waals surface area contributed by atoms with E-state index >= 15 is 0 Å². The van der Waals surface area contributed by atoms with Gasteiger partial charge >= 0.3 is 6.03 Å². The van der Waals surface area contributed by atoms with Gasteiger partial charge in [-0.1, -0.05) is 30.3 Å². The van der Waals surface area contributed by atoms with Gasteiger partial charge in [0.25, 0.3) is 0 Å². The summed E-state index contributed by atoms with van der Waals surface area (Å²) in [5.41, 5.74) is 4.53. The van der Waals surface area contributed by atoms with E-state index in [-0.39, 0.29) is 18.1 Å². The molecule has 0 saturated heterocycles. The molecule has 1 atom stereocenters. The first-order valence-electron chi connectivity index (χ1n) is 9.07. The molecule has 1 aliphatic heterocycles. The summed E-state index contributed by atoms with van der Waals surface area (Å²) in [5, 5.41) is 0. The molecule has 2 aromatic carbocycles. The van der Waals surface area contributed by atoms with Gasteiger partial charge in [-0.3, -0.25) is 0 Å². The molecule has 3 rings (SSSR count). The lowest BCUT2D eigenvalue weighted by Crippen LogP contribution is -2.51. The summed E-state index contributed by atoms with van der Waals surface area (Å²) in [4.78, 5) is 16.2. The summed E-state index contributed by atoms with van der Waals surface area (Å²) in [6, 6.07) is 12.7. The third kappa shape index (κ3) is 3.55. The predicted molar refractivity (Wildman–Crippen MR) is 105 cm³/mol. The molecular formula is C22H24F2N3O+. The van der Waals surface area contributed by atoms with Crippen molar-refractivity contribution in [2.75, 3.05) is 27.2 Å². The molecule has 4 nitrogen and oxygen atoms in total. The molecule has 0 aliphatic carbocycles. The number of urea groups is 1. The fourth-order valence-electron chi connectivity index (χ4n) is 3.51. The summed E-state index contributed by atoms with van der Waals surface area (Å²) in [7, 11) is 3.34. The second kappa shape index (κ2) is 7.94. The van der Waals surface area contributed by atoms with Crippen LogP contribution in [0.15, 0.2) is 66.8 Å². The average molecular weight is 384 g/mol. The highest BCUT2D eigenvalue weighted by atomic mass is 19.1. The fourth-order valence-corrected chi connectivity index (χ4v) is 3.51. The number of amides is 2. The highest BCUT2D eigenvalue weighted by Crippen LogP contribution is 2.42. The van der Waals surface area contributed by atoms with Crippen LogP contribution in [0.25, 0.3) is 5.57 Å². The second-order valence-corrected chi connectivity index (χ2v) is 6.94. The SMILES string of the molecule is CN(C)C(=O)N1CC(c2cc(F)ccc2F)=CC1(/C=C/C[NH3+])c1ccccc1. The van der Waals surface area contributed by atoms with E-state index in [1.54, 1.807) is 19.0 Å². The van der Waals surface area contributed by atoms with Crippen molar-refractivity contribution in [3.05, 3.63) is 89.5 Å². The largest absolute Gasteiger partial charge is 0.354 e. The number of hydrogen-bond acceptors (Lipinski definition) is 1. The zero-order chi connectivity index (χ0) is 20.3. The van der Waals surface area contributed by atoms with Gasteiger partial charge in [0.2, 0.25) is 0 Å². The van der Waals surface area contributed by atoms with E-state index in [9.17, 15) is 13.6 Å². The van der Waals surface area contributed by atoms with Gasteiger partial charge in [0.15, 0.2) is 0 Å². The number of carbonyl (C=O) groups is 1. The number of benzene rings is 2. The summed E-state index contributed by atoms with van der Waals surface area (Å²) >= 11 is 0. The van der Waals surface area contributed by atoms with Gasteiger partial charge in [-0.05, 0) is 47.6 Å². The third-order valence-electron chi connectivity index (χ3n) is 4.83. The van der Waals surface area contributed by atoms with Crippen LogP contribution in [-0.4, -0.2) is 43.0 Å². The van der Waals surface area contributed by atoms with Crippen LogP contribution in [0.5, 0.6) is 0 Å². The summed E-state index contributed by atoms with van der Waals surface area (Å²) in [6.07, 6.45) is 5.62. The molecule has 0 fully saturated rings. The molecule has 146 valence electrons. The normalized spacial score (nSPS) is 19.2. The Labute approximate surface area is 163 Å². The highest BCUT2D eigenvalue weighted by molar-refractivity contribution is 5.84. The van der Waals surface area contributed by atoms with E-state index < -0.39 is 17.2 Å². The molecular weight excluding hydrogens is 360 g/mol. The van der Waals surface area contributed by atoms with Gasteiger partial charge in [0.1, 0.15) is 17.2 Å². The standard InChI is InChI=1S/C22H23F2N3O/c1-26(2)21(28)27-15-16(19-13-18(23)9-10-20(19)24)14-22(27,11-6-12-25)17-7-4-3-5-8-17/h3-11,13-14H,12,15,25H2,1-2H3/p+1/b11-6+. The minimum atomic E-state index is -0.908. The Morgan fingerprint density at radius 2 is 1.93 bits per heavy atom. The van der Waals surface area contributed by atoms with Gasteiger partial charge < -0.3 is 15.5 Å². The lowest BCUT2D eigenvalue weighted by molar-refractivity contribution is -0.352. The molecule has 2 aromatic rings. The Morgan fingerprint density at radius 3 is 2.57 bits per heavy atom. The maximum absolute atomic E-state index is 14.5. The number of hydrogen-bond donors (Lipinski definition) is 1. The number of rotatable bonds is 4. The van der Waals surface area contributed by atoms with Gasteiger partial charge in [0.05, 0.1) is 6.54 Å². The van der Waals surface area contributed by atoms with E-state index in [0.717, 1.165) is 17.7 Å². The molecule has 3 N–H and O–H groups in total. The Balaban J connectivity index is 2.23. The zero-order valence-corrected chi connectivity index (χ0v) is 16.0. The first-order valence-corrected chi connectivity index (χ1v) is 9.07. The van der Waals surface area contributed by atoms with Crippen LogP contribution >= 0.6 is 0 Å². The van der Waals surface area contributed by atoms with Crippen molar-refractivity contribution in [3.8, 4) is 0 Å². The number of carbonyl (C=O) groups excluding carboxylic acids is 1. The molecule has 1 heterocycles. The van der Waals surface area contributed by atoms with Crippen LogP contribution in [0.4, 0.5) is 13.6 Å². The molecule has 6 heteroatoms. The minimum Gasteiger partial charge on any atom is -0.354 e. The molecule has 1 aliphatic rings. The van der Waals surface area contributed by atoms with Crippen molar-refractivity contribution in [1.29, 1.82) is 0 Å². The Morgan fingerprint density at radius 1 is 1.21 bits per heavy atom. The summed E-state index contributed by atoms with van der Waals surface area (Å²) < 4.78 is 28.3. The lowest BCUT2D eigenvalue weighted by Gasteiger charge is -2.37. The van der Waals surface area contributed by atoms with Crippen LogP contribution in [0, 0.1) is 11.6 Å². The molecule has 0 bridgehead atoms. The van der Waals surface area contributed by atoms with E-state index in [4.69, 9.17) is 0 Å². The maximum Gasteiger partial charge on any atom is 0.321 e. The van der Waals surface area contributed by atoms with Crippen LogP contribution in [0.2, 0.25) is 0 Å². The minimum absolute atomic E-state index is 0.160. The molecule has 1 unspecified atom stereocenters. The van der Waals surface area contributed by atoms with Crippen molar-refractivity contribution in [1.82, 2.24) is 9.80 Å². The highest BCUT2D eigenvalue weighted by Gasteiger charge is 2.43. The molecule has 0 radical (unpaired) electrons. The second-order valence-electron chi connectivity index (χ2n) is 6.94. The van der Waals surface area contributed by atoms with Crippen molar-refractivity contribution in [3.63, 3.8) is 0 Å². The van der Waals surface area contributed by atoms with Crippen LogP contribution in [-0.2, 0) is 5.54 Å². The van der Waals surface area contributed by atoms with Gasteiger partial charge in [-0.2, -0.15) is 0 Å². The van der Waals surface area contributed by atoms with E-state index in [2.05, 4.69) is 5.73 Å². The first-order chi connectivity index (χ1) is 13.4. The summed E-state index contributed by atoms with van der Waals surface area (Å²) in [5.74, 6) is -1.04. The number of quaternary nitrogens is 1. The third-order valence-corrected chi connectivity index (χ3v) is 4.83. The molecule has 2 amide bonds. The van der Waals surface area contributed by atoms with Crippen molar-refractivity contribution < 1.29 is 19.3 Å². The van der Waals surface area contributed by atoms with Gasteiger partial charge in [-0.25, -0.2) is 13.6 Å². The lowest BCUT2D eigenvalue weighted by atomic mass is 9.88.